The van der Waals surface area contributed by atoms with Crippen LogP contribution < -0.4 is 5.32 Å². The van der Waals surface area contributed by atoms with Gasteiger partial charge in [0.05, 0.1) is 6.04 Å². The van der Waals surface area contributed by atoms with E-state index in [-0.39, 0.29) is 11.9 Å². The van der Waals surface area contributed by atoms with Crippen LogP contribution in [0, 0.1) is 0 Å². The van der Waals surface area contributed by atoms with E-state index in [0.717, 1.165) is 33.3 Å². The maximum Gasteiger partial charge on any atom is 0.268 e. The molecule has 0 saturated carbocycles. The predicted octanol–water partition coefficient (Wildman–Crippen LogP) is 5.76. The molecule has 5 rings (SSSR count). The van der Waals surface area contributed by atoms with Crippen molar-refractivity contribution in [2.45, 2.75) is 13.0 Å². The monoisotopic (exact) mass is 441 g/mol. The summed E-state index contributed by atoms with van der Waals surface area (Å²) in [5.74, 6) is -0.202. The van der Waals surface area contributed by atoms with Crippen LogP contribution >= 0.6 is 11.6 Å². The van der Waals surface area contributed by atoms with Gasteiger partial charge >= 0.3 is 0 Å². The van der Waals surface area contributed by atoms with Crippen LogP contribution in [0.1, 0.15) is 29.0 Å². The molecule has 6 nitrogen and oxygen atoms in total. The van der Waals surface area contributed by atoms with Gasteiger partial charge in [0, 0.05) is 33.9 Å². The van der Waals surface area contributed by atoms with Crippen molar-refractivity contribution in [3.8, 4) is 22.4 Å². The van der Waals surface area contributed by atoms with Crippen LogP contribution in [0.15, 0.2) is 79.1 Å². The third kappa shape index (κ3) is 3.88. The van der Waals surface area contributed by atoms with Crippen LogP contribution in [0.2, 0.25) is 5.02 Å². The zero-order valence-corrected chi connectivity index (χ0v) is 18.0. The van der Waals surface area contributed by atoms with Gasteiger partial charge in [-0.15, -0.1) is 0 Å². The SMILES string of the molecule is C[C@@H](NC(=O)c1cc(-c2n[nH]c3ncc(-c4ccccc4)cc23)c[nH]1)c1cccc(Cl)c1. The van der Waals surface area contributed by atoms with E-state index in [1.165, 1.54) is 0 Å². The lowest BCUT2D eigenvalue weighted by Gasteiger charge is -2.14. The van der Waals surface area contributed by atoms with Crippen LogP contribution in [0.3, 0.4) is 0 Å². The van der Waals surface area contributed by atoms with Gasteiger partial charge in [-0.05, 0) is 42.3 Å². The number of carbonyl (C=O) groups is 1. The molecule has 0 fully saturated rings. The second kappa shape index (κ2) is 8.32. The summed E-state index contributed by atoms with van der Waals surface area (Å²) in [5, 5.41) is 11.9. The van der Waals surface area contributed by atoms with Crippen molar-refractivity contribution in [3.05, 3.63) is 95.4 Å². The van der Waals surface area contributed by atoms with Crippen molar-refractivity contribution in [3.63, 3.8) is 0 Å². The number of nitrogens with one attached hydrogen (secondary N) is 3. The van der Waals surface area contributed by atoms with E-state index in [0.29, 0.717) is 16.4 Å². The molecule has 7 heteroatoms. The van der Waals surface area contributed by atoms with Crippen molar-refractivity contribution in [2.24, 2.45) is 0 Å². The Labute approximate surface area is 189 Å². The normalized spacial score (nSPS) is 12.1. The highest BCUT2D eigenvalue weighted by Crippen LogP contribution is 2.29. The molecule has 32 heavy (non-hydrogen) atoms. The minimum atomic E-state index is -0.202. The van der Waals surface area contributed by atoms with Crippen molar-refractivity contribution in [1.29, 1.82) is 0 Å². The number of aromatic nitrogens is 4. The van der Waals surface area contributed by atoms with Gasteiger partial charge in [-0.3, -0.25) is 9.89 Å². The summed E-state index contributed by atoms with van der Waals surface area (Å²) in [6, 6.07) is 21.2. The summed E-state index contributed by atoms with van der Waals surface area (Å²) in [4.78, 5) is 20.4. The van der Waals surface area contributed by atoms with E-state index >= 15 is 0 Å². The summed E-state index contributed by atoms with van der Waals surface area (Å²) in [6.07, 6.45) is 3.61. The fraction of sp³-hybridized carbons (Fsp3) is 0.0800. The number of hydrogen-bond acceptors (Lipinski definition) is 3. The maximum atomic E-state index is 12.8. The van der Waals surface area contributed by atoms with Gasteiger partial charge in [-0.2, -0.15) is 5.10 Å². The molecule has 3 heterocycles. The maximum absolute atomic E-state index is 12.8. The van der Waals surface area contributed by atoms with E-state index < -0.39 is 0 Å². The Hall–Kier alpha value is -3.90. The number of carbonyl (C=O) groups excluding carboxylic acids is 1. The first-order valence-electron chi connectivity index (χ1n) is 10.2. The summed E-state index contributed by atoms with van der Waals surface area (Å²) < 4.78 is 0. The molecule has 1 atom stereocenters. The Balaban J connectivity index is 1.41. The van der Waals surface area contributed by atoms with E-state index in [2.05, 4.69) is 31.5 Å². The van der Waals surface area contributed by atoms with E-state index in [1.54, 1.807) is 12.3 Å². The number of fused-ring (bicyclic) bond motifs is 1. The number of rotatable bonds is 5. The zero-order chi connectivity index (χ0) is 22.1. The van der Waals surface area contributed by atoms with E-state index in [1.807, 2.05) is 67.7 Å². The van der Waals surface area contributed by atoms with Crippen LogP contribution in [0.25, 0.3) is 33.4 Å². The lowest BCUT2D eigenvalue weighted by molar-refractivity contribution is 0.0935. The molecule has 1 amide bonds. The summed E-state index contributed by atoms with van der Waals surface area (Å²) >= 11 is 6.07. The second-order valence-corrected chi connectivity index (χ2v) is 8.05. The Morgan fingerprint density at radius 1 is 1.00 bits per heavy atom. The number of benzene rings is 2. The lowest BCUT2D eigenvalue weighted by atomic mass is 10.1. The van der Waals surface area contributed by atoms with E-state index in [9.17, 15) is 4.79 Å². The predicted molar refractivity (Wildman–Crippen MR) is 126 cm³/mol. The quantitative estimate of drug-likeness (QED) is 0.324. The number of amides is 1. The largest absolute Gasteiger partial charge is 0.357 e. The molecule has 0 aliphatic carbocycles. The molecule has 0 unspecified atom stereocenters. The van der Waals surface area contributed by atoms with Gasteiger partial charge in [0.2, 0.25) is 0 Å². The third-order valence-electron chi connectivity index (χ3n) is 5.42. The van der Waals surface area contributed by atoms with Crippen molar-refractivity contribution >= 4 is 28.5 Å². The summed E-state index contributed by atoms with van der Waals surface area (Å²) in [7, 11) is 0. The molecular formula is C25H20ClN5O. The average molecular weight is 442 g/mol. The first-order chi connectivity index (χ1) is 15.6. The molecule has 0 aliphatic rings. The van der Waals surface area contributed by atoms with Crippen LogP contribution in [0.4, 0.5) is 0 Å². The molecule has 2 aromatic carbocycles. The molecule has 5 aromatic rings. The Bertz CT molecular complexity index is 1410. The highest BCUT2D eigenvalue weighted by molar-refractivity contribution is 6.30. The van der Waals surface area contributed by atoms with Crippen LogP contribution in [-0.4, -0.2) is 26.1 Å². The third-order valence-corrected chi connectivity index (χ3v) is 5.66. The number of H-pyrrole nitrogens is 2. The molecule has 3 N–H and O–H groups in total. The van der Waals surface area contributed by atoms with Gasteiger partial charge in [0.1, 0.15) is 11.4 Å². The first kappa shape index (κ1) is 20.0. The Kier molecular flexibility index (Phi) is 5.21. The fourth-order valence-corrected chi connectivity index (χ4v) is 3.91. The summed E-state index contributed by atoms with van der Waals surface area (Å²) in [5.41, 5.74) is 5.73. The highest BCUT2D eigenvalue weighted by atomic mass is 35.5. The highest BCUT2D eigenvalue weighted by Gasteiger charge is 2.17. The molecule has 3 aromatic heterocycles. The molecule has 158 valence electrons. The van der Waals surface area contributed by atoms with Gasteiger partial charge in [-0.25, -0.2) is 4.98 Å². The molecular weight excluding hydrogens is 422 g/mol. The zero-order valence-electron chi connectivity index (χ0n) is 17.3. The van der Waals surface area contributed by atoms with Crippen molar-refractivity contribution in [1.82, 2.24) is 25.5 Å². The second-order valence-electron chi connectivity index (χ2n) is 7.61. The van der Waals surface area contributed by atoms with Gasteiger partial charge < -0.3 is 10.3 Å². The number of pyridine rings is 1. The van der Waals surface area contributed by atoms with Crippen LogP contribution in [0.5, 0.6) is 0 Å². The van der Waals surface area contributed by atoms with Crippen LogP contribution in [-0.2, 0) is 0 Å². The number of nitrogens with zero attached hydrogens (tertiary/aromatic N) is 2. The molecule has 0 bridgehead atoms. The average Bonchev–Trinajstić information content (AvgIpc) is 3.46. The van der Waals surface area contributed by atoms with Crippen molar-refractivity contribution < 1.29 is 4.79 Å². The smallest absolute Gasteiger partial charge is 0.268 e. The first-order valence-corrected chi connectivity index (χ1v) is 10.6. The van der Waals surface area contributed by atoms with Crippen molar-refractivity contribution in [2.75, 3.05) is 0 Å². The molecule has 0 aliphatic heterocycles. The van der Waals surface area contributed by atoms with E-state index in [4.69, 9.17) is 11.6 Å². The molecule has 0 radical (unpaired) electrons. The number of hydrogen-bond donors (Lipinski definition) is 3. The number of aromatic amines is 2. The standard InChI is InChI=1S/C25H20ClN5O/c1-15(17-8-5-9-20(26)10-17)29-25(32)22-12-19(14-27-22)23-21-11-18(13-28-24(21)31-30-23)16-6-3-2-4-7-16/h2-15,27H,1H3,(H,29,32)(H,28,30,31)/t15-/m1/s1. The minimum absolute atomic E-state index is 0.184. The Morgan fingerprint density at radius 3 is 2.66 bits per heavy atom. The Morgan fingerprint density at radius 2 is 1.84 bits per heavy atom. The number of halogens is 1. The molecule has 0 spiro atoms. The fourth-order valence-electron chi connectivity index (χ4n) is 3.71. The lowest BCUT2D eigenvalue weighted by Crippen LogP contribution is -2.26. The topological polar surface area (TPSA) is 86.5 Å². The minimum Gasteiger partial charge on any atom is -0.357 e. The molecule has 0 saturated heterocycles. The van der Waals surface area contributed by atoms with Gasteiger partial charge in [0.15, 0.2) is 5.65 Å². The van der Waals surface area contributed by atoms with Gasteiger partial charge in [0.25, 0.3) is 5.91 Å². The van der Waals surface area contributed by atoms with Gasteiger partial charge in [-0.1, -0.05) is 54.1 Å². The summed E-state index contributed by atoms with van der Waals surface area (Å²) in [6.45, 7) is 1.92.